The third-order valence-electron chi connectivity index (χ3n) is 4.18. The van der Waals surface area contributed by atoms with Crippen LogP contribution in [0.4, 0.5) is 13.2 Å². The molecule has 1 fully saturated rings. The molecule has 1 unspecified atom stereocenters. The van der Waals surface area contributed by atoms with E-state index in [4.69, 9.17) is 0 Å². The maximum Gasteiger partial charge on any atom is 0.416 e. The number of halogens is 3. The van der Waals surface area contributed by atoms with E-state index < -0.39 is 11.7 Å². The van der Waals surface area contributed by atoms with E-state index in [9.17, 15) is 13.2 Å². The number of hydrogen-bond acceptors (Lipinski definition) is 1. The fourth-order valence-corrected chi connectivity index (χ4v) is 2.93. The van der Waals surface area contributed by atoms with Gasteiger partial charge in [-0.3, -0.25) is 0 Å². The van der Waals surface area contributed by atoms with Gasteiger partial charge in [0.2, 0.25) is 0 Å². The van der Waals surface area contributed by atoms with Crippen LogP contribution >= 0.6 is 0 Å². The van der Waals surface area contributed by atoms with Gasteiger partial charge in [-0.15, -0.1) is 0 Å². The summed E-state index contributed by atoms with van der Waals surface area (Å²) in [6.07, 6.45) is -2.43. The van der Waals surface area contributed by atoms with Gasteiger partial charge in [0, 0.05) is 12.6 Å². The van der Waals surface area contributed by atoms with Gasteiger partial charge in [-0.2, -0.15) is 13.2 Å². The zero-order valence-electron chi connectivity index (χ0n) is 12.3. The monoisotopic (exact) mass is 285 g/mol. The van der Waals surface area contributed by atoms with Gasteiger partial charge in [-0.1, -0.05) is 12.1 Å². The minimum absolute atomic E-state index is 0.302. The molecule has 1 heterocycles. The molecule has 0 radical (unpaired) electrons. The highest BCUT2D eigenvalue weighted by Crippen LogP contribution is 2.33. The lowest BCUT2D eigenvalue weighted by Crippen LogP contribution is -2.28. The van der Waals surface area contributed by atoms with Gasteiger partial charge in [0.15, 0.2) is 0 Å². The number of rotatable bonds is 3. The molecule has 0 aliphatic carbocycles. The van der Waals surface area contributed by atoms with Crippen molar-refractivity contribution in [1.29, 1.82) is 0 Å². The second-order valence-electron chi connectivity index (χ2n) is 6.09. The minimum Gasteiger partial charge on any atom is -0.301 e. The summed E-state index contributed by atoms with van der Waals surface area (Å²) in [7, 11) is 0. The molecule has 0 spiro atoms. The molecule has 1 aromatic carbocycles. The normalized spacial score (nSPS) is 20.9. The van der Waals surface area contributed by atoms with Crippen LogP contribution in [0.25, 0.3) is 0 Å². The topological polar surface area (TPSA) is 3.24 Å². The van der Waals surface area contributed by atoms with Crippen molar-refractivity contribution >= 4 is 0 Å². The van der Waals surface area contributed by atoms with Gasteiger partial charge >= 0.3 is 6.18 Å². The first-order valence-corrected chi connectivity index (χ1v) is 7.18. The highest BCUT2D eigenvalue weighted by molar-refractivity contribution is 5.33. The van der Waals surface area contributed by atoms with Crippen molar-refractivity contribution in [3.05, 3.63) is 34.9 Å². The van der Waals surface area contributed by atoms with Crippen LogP contribution in [0.1, 0.15) is 37.0 Å². The quantitative estimate of drug-likeness (QED) is 0.801. The summed E-state index contributed by atoms with van der Waals surface area (Å²) in [6.45, 7) is 7.89. The highest BCUT2D eigenvalue weighted by atomic mass is 19.4. The van der Waals surface area contributed by atoms with Crippen molar-refractivity contribution < 1.29 is 13.2 Å². The Kier molecular flexibility index (Phi) is 4.43. The molecular weight excluding hydrogens is 263 g/mol. The molecule has 0 N–H and O–H groups in total. The molecule has 112 valence electrons. The van der Waals surface area contributed by atoms with Crippen molar-refractivity contribution in [2.45, 2.75) is 45.8 Å². The van der Waals surface area contributed by atoms with Gasteiger partial charge in [-0.25, -0.2) is 0 Å². The van der Waals surface area contributed by atoms with E-state index in [0.29, 0.717) is 17.5 Å². The Morgan fingerprint density at radius 3 is 2.55 bits per heavy atom. The molecule has 0 saturated carbocycles. The molecule has 0 amide bonds. The van der Waals surface area contributed by atoms with Crippen molar-refractivity contribution in [1.82, 2.24) is 4.90 Å². The van der Waals surface area contributed by atoms with Gasteiger partial charge in [-0.05, 0) is 63.3 Å². The third kappa shape index (κ3) is 3.54. The molecule has 1 aliphatic rings. The van der Waals surface area contributed by atoms with Gasteiger partial charge in [0.05, 0.1) is 5.56 Å². The lowest BCUT2D eigenvalue weighted by atomic mass is 9.95. The van der Waals surface area contributed by atoms with Crippen LogP contribution in [-0.4, -0.2) is 24.0 Å². The summed E-state index contributed by atoms with van der Waals surface area (Å²) >= 11 is 0. The Hall–Kier alpha value is -1.03. The van der Waals surface area contributed by atoms with E-state index in [2.05, 4.69) is 18.7 Å². The van der Waals surface area contributed by atoms with E-state index in [1.807, 2.05) is 6.07 Å². The first kappa shape index (κ1) is 15.4. The van der Waals surface area contributed by atoms with Gasteiger partial charge < -0.3 is 4.90 Å². The van der Waals surface area contributed by atoms with Crippen molar-refractivity contribution in [3.8, 4) is 0 Å². The number of aryl methyl sites for hydroxylation is 1. The lowest BCUT2D eigenvalue weighted by molar-refractivity contribution is -0.138. The summed E-state index contributed by atoms with van der Waals surface area (Å²) in [4.78, 5) is 2.39. The fraction of sp³-hybridized carbons (Fsp3) is 0.625. The Bertz CT molecular complexity index is 465. The molecule has 1 aromatic rings. The SMILES string of the molecule is Cc1ccc(CC2CCN(C(C)C)C2)cc1C(F)(F)F. The molecule has 0 bridgehead atoms. The van der Waals surface area contributed by atoms with Crippen LogP contribution in [0.2, 0.25) is 0 Å². The van der Waals surface area contributed by atoms with Gasteiger partial charge in [0.1, 0.15) is 0 Å². The predicted molar refractivity (Wildman–Crippen MR) is 74.7 cm³/mol. The fourth-order valence-electron chi connectivity index (χ4n) is 2.93. The number of nitrogens with zero attached hydrogens (tertiary/aromatic N) is 1. The molecule has 1 aliphatic heterocycles. The smallest absolute Gasteiger partial charge is 0.301 e. The van der Waals surface area contributed by atoms with E-state index in [-0.39, 0.29) is 0 Å². The van der Waals surface area contributed by atoms with Crippen LogP contribution in [-0.2, 0) is 12.6 Å². The first-order valence-electron chi connectivity index (χ1n) is 7.18. The molecule has 1 saturated heterocycles. The summed E-state index contributed by atoms with van der Waals surface area (Å²) in [5, 5.41) is 0. The maximum absolute atomic E-state index is 12.9. The molecule has 4 heteroatoms. The van der Waals surface area contributed by atoms with Crippen LogP contribution < -0.4 is 0 Å². The van der Waals surface area contributed by atoms with Crippen LogP contribution in [0.15, 0.2) is 18.2 Å². The molecule has 1 nitrogen and oxygen atoms in total. The van der Waals surface area contributed by atoms with E-state index in [1.54, 1.807) is 6.07 Å². The van der Waals surface area contributed by atoms with Crippen LogP contribution in [0, 0.1) is 12.8 Å². The zero-order chi connectivity index (χ0) is 14.9. The van der Waals surface area contributed by atoms with E-state index in [0.717, 1.165) is 31.5 Å². The largest absolute Gasteiger partial charge is 0.416 e. The summed E-state index contributed by atoms with van der Waals surface area (Å²) in [5.41, 5.74) is 0.615. The molecule has 0 aromatic heterocycles. The Balaban J connectivity index is 2.08. The highest BCUT2D eigenvalue weighted by Gasteiger charge is 2.33. The summed E-state index contributed by atoms with van der Waals surface area (Å²) in [5.74, 6) is 0.473. The number of hydrogen-bond donors (Lipinski definition) is 0. The summed E-state index contributed by atoms with van der Waals surface area (Å²) in [6, 6.07) is 5.27. The number of benzene rings is 1. The minimum atomic E-state index is -4.25. The van der Waals surface area contributed by atoms with Crippen LogP contribution in [0.3, 0.4) is 0 Å². The standard InChI is InChI=1S/C16H22F3N/c1-11(2)20-7-6-14(10-20)8-13-5-4-12(3)15(9-13)16(17,18)19/h4-5,9,11,14H,6-8,10H2,1-3H3. The predicted octanol–water partition coefficient (Wildman–Crippen LogP) is 4.29. The van der Waals surface area contributed by atoms with Gasteiger partial charge in [0.25, 0.3) is 0 Å². The Labute approximate surface area is 118 Å². The second kappa shape index (κ2) is 5.76. The Morgan fingerprint density at radius 2 is 2.00 bits per heavy atom. The zero-order valence-corrected chi connectivity index (χ0v) is 12.3. The van der Waals surface area contributed by atoms with Crippen molar-refractivity contribution in [2.75, 3.05) is 13.1 Å². The molecule has 20 heavy (non-hydrogen) atoms. The summed E-state index contributed by atoms with van der Waals surface area (Å²) < 4.78 is 38.7. The van der Waals surface area contributed by atoms with Crippen molar-refractivity contribution in [2.24, 2.45) is 5.92 Å². The third-order valence-corrected chi connectivity index (χ3v) is 4.18. The molecule has 1 atom stereocenters. The van der Waals surface area contributed by atoms with E-state index >= 15 is 0 Å². The second-order valence-corrected chi connectivity index (χ2v) is 6.09. The average molecular weight is 285 g/mol. The molecular formula is C16H22F3N. The van der Waals surface area contributed by atoms with Crippen molar-refractivity contribution in [3.63, 3.8) is 0 Å². The number of likely N-dealkylation sites (tertiary alicyclic amines) is 1. The first-order chi connectivity index (χ1) is 9.27. The maximum atomic E-state index is 12.9. The van der Waals surface area contributed by atoms with Crippen LogP contribution in [0.5, 0.6) is 0 Å². The molecule has 2 rings (SSSR count). The lowest BCUT2D eigenvalue weighted by Gasteiger charge is -2.20. The number of alkyl halides is 3. The Morgan fingerprint density at radius 1 is 1.30 bits per heavy atom. The average Bonchev–Trinajstić information content (AvgIpc) is 2.79. The van der Waals surface area contributed by atoms with E-state index in [1.165, 1.54) is 13.0 Å².